The molecule has 0 bridgehead atoms. The van der Waals surface area contributed by atoms with Crippen LogP contribution in [0.1, 0.15) is 33.1 Å². The SMILES string of the molecule is CN(C)C(=O)CC(CN)N1CCCC(C)(C)C1. The summed E-state index contributed by atoms with van der Waals surface area (Å²) in [4.78, 5) is 15.8. The number of likely N-dealkylation sites (tertiary alicyclic amines) is 1. The summed E-state index contributed by atoms with van der Waals surface area (Å²) in [5, 5.41) is 0. The lowest BCUT2D eigenvalue weighted by Gasteiger charge is -2.42. The van der Waals surface area contributed by atoms with Crippen LogP contribution in [0, 0.1) is 5.41 Å². The maximum atomic E-state index is 11.8. The Balaban J connectivity index is 2.58. The third-order valence-electron chi connectivity index (χ3n) is 3.63. The first kappa shape index (κ1) is 14.5. The van der Waals surface area contributed by atoms with Gasteiger partial charge in [-0.15, -0.1) is 0 Å². The predicted molar refractivity (Wildman–Crippen MR) is 70.7 cm³/mol. The van der Waals surface area contributed by atoms with E-state index in [9.17, 15) is 4.79 Å². The Kier molecular flexibility index (Phi) is 4.95. The highest BCUT2D eigenvalue weighted by atomic mass is 16.2. The van der Waals surface area contributed by atoms with Crippen LogP contribution in [0.5, 0.6) is 0 Å². The first-order valence-electron chi connectivity index (χ1n) is 6.50. The number of carbonyl (C=O) groups is 1. The van der Waals surface area contributed by atoms with Gasteiger partial charge in [-0.3, -0.25) is 9.69 Å². The summed E-state index contributed by atoms with van der Waals surface area (Å²) in [6.07, 6.45) is 3.02. The van der Waals surface area contributed by atoms with E-state index < -0.39 is 0 Å². The van der Waals surface area contributed by atoms with Crippen molar-refractivity contribution in [3.05, 3.63) is 0 Å². The third kappa shape index (κ3) is 4.28. The number of amides is 1. The molecule has 0 spiro atoms. The second kappa shape index (κ2) is 5.83. The molecule has 1 atom stereocenters. The van der Waals surface area contributed by atoms with Gasteiger partial charge in [-0.05, 0) is 24.8 Å². The minimum Gasteiger partial charge on any atom is -0.349 e. The molecule has 0 aliphatic carbocycles. The zero-order chi connectivity index (χ0) is 13.1. The van der Waals surface area contributed by atoms with Gasteiger partial charge in [0, 0.05) is 39.6 Å². The average molecular weight is 241 g/mol. The average Bonchev–Trinajstić information content (AvgIpc) is 2.23. The topological polar surface area (TPSA) is 49.6 Å². The fourth-order valence-electron chi connectivity index (χ4n) is 2.53. The third-order valence-corrected chi connectivity index (χ3v) is 3.63. The standard InChI is InChI=1S/C13H27N3O/c1-13(2)6-5-7-16(10-13)11(9-14)8-12(17)15(3)4/h11H,5-10,14H2,1-4H3. The normalized spacial score (nSPS) is 22.2. The van der Waals surface area contributed by atoms with Crippen molar-refractivity contribution >= 4 is 5.91 Å². The first-order valence-corrected chi connectivity index (χ1v) is 6.50. The van der Waals surface area contributed by atoms with E-state index in [-0.39, 0.29) is 11.9 Å². The van der Waals surface area contributed by atoms with Crippen molar-refractivity contribution in [3.63, 3.8) is 0 Å². The monoisotopic (exact) mass is 241 g/mol. The molecule has 4 heteroatoms. The van der Waals surface area contributed by atoms with Crippen LogP contribution in [-0.2, 0) is 4.79 Å². The Hall–Kier alpha value is -0.610. The number of hydrogen-bond acceptors (Lipinski definition) is 3. The molecule has 1 amide bonds. The van der Waals surface area contributed by atoms with Crippen molar-refractivity contribution in [2.45, 2.75) is 39.2 Å². The molecule has 17 heavy (non-hydrogen) atoms. The molecule has 0 saturated carbocycles. The molecule has 0 aromatic heterocycles. The van der Waals surface area contributed by atoms with Crippen LogP contribution < -0.4 is 5.73 Å². The summed E-state index contributed by atoms with van der Waals surface area (Å²) in [5.74, 6) is 0.170. The Labute approximate surface area is 105 Å². The van der Waals surface area contributed by atoms with Crippen molar-refractivity contribution < 1.29 is 4.79 Å². The maximum absolute atomic E-state index is 11.8. The van der Waals surface area contributed by atoms with Crippen LogP contribution in [0.4, 0.5) is 0 Å². The molecule has 1 saturated heterocycles. The molecule has 0 radical (unpaired) electrons. The van der Waals surface area contributed by atoms with Gasteiger partial charge in [-0.25, -0.2) is 0 Å². The van der Waals surface area contributed by atoms with Gasteiger partial charge in [0.2, 0.25) is 5.91 Å². The van der Waals surface area contributed by atoms with Crippen LogP contribution in [0.3, 0.4) is 0 Å². The van der Waals surface area contributed by atoms with Gasteiger partial charge >= 0.3 is 0 Å². The van der Waals surface area contributed by atoms with Gasteiger partial charge in [0.05, 0.1) is 0 Å². The molecule has 1 aliphatic rings. The van der Waals surface area contributed by atoms with Crippen molar-refractivity contribution in [1.82, 2.24) is 9.80 Å². The fourth-order valence-corrected chi connectivity index (χ4v) is 2.53. The summed E-state index contributed by atoms with van der Waals surface area (Å²) in [6, 6.07) is 0.199. The number of carbonyl (C=O) groups excluding carboxylic acids is 1. The number of nitrogens with zero attached hydrogens (tertiary/aromatic N) is 2. The second-order valence-corrected chi connectivity index (χ2v) is 6.12. The van der Waals surface area contributed by atoms with Crippen molar-refractivity contribution in [1.29, 1.82) is 0 Å². The zero-order valence-electron chi connectivity index (χ0n) is 11.7. The summed E-state index contributed by atoms with van der Waals surface area (Å²) >= 11 is 0. The number of rotatable bonds is 4. The van der Waals surface area contributed by atoms with Gasteiger partial charge in [0.15, 0.2) is 0 Å². The molecular weight excluding hydrogens is 214 g/mol. The fraction of sp³-hybridized carbons (Fsp3) is 0.923. The Bertz CT molecular complexity index is 263. The molecule has 1 rings (SSSR count). The van der Waals surface area contributed by atoms with Crippen molar-refractivity contribution in [3.8, 4) is 0 Å². The van der Waals surface area contributed by atoms with E-state index in [2.05, 4.69) is 18.7 Å². The predicted octanol–water partition coefficient (Wildman–Crippen LogP) is 0.914. The molecule has 2 N–H and O–H groups in total. The lowest BCUT2D eigenvalue weighted by molar-refractivity contribution is -0.130. The largest absolute Gasteiger partial charge is 0.349 e. The molecule has 1 unspecified atom stereocenters. The smallest absolute Gasteiger partial charge is 0.223 e. The molecule has 1 heterocycles. The molecule has 0 aromatic carbocycles. The van der Waals surface area contributed by atoms with Gasteiger partial charge < -0.3 is 10.6 Å². The van der Waals surface area contributed by atoms with Crippen LogP contribution in [0.25, 0.3) is 0 Å². The summed E-state index contributed by atoms with van der Waals surface area (Å²) < 4.78 is 0. The molecule has 4 nitrogen and oxygen atoms in total. The van der Waals surface area contributed by atoms with E-state index >= 15 is 0 Å². The van der Waals surface area contributed by atoms with E-state index in [0.29, 0.717) is 18.4 Å². The number of hydrogen-bond donors (Lipinski definition) is 1. The molecule has 1 aliphatic heterocycles. The van der Waals surface area contributed by atoms with Gasteiger partial charge in [0.1, 0.15) is 0 Å². The van der Waals surface area contributed by atoms with E-state index in [4.69, 9.17) is 5.73 Å². The van der Waals surface area contributed by atoms with Crippen molar-refractivity contribution in [2.75, 3.05) is 33.7 Å². The zero-order valence-corrected chi connectivity index (χ0v) is 11.7. The number of piperidine rings is 1. The Morgan fingerprint density at radius 3 is 2.59 bits per heavy atom. The molecular formula is C13H27N3O. The lowest BCUT2D eigenvalue weighted by Crippen LogP contribution is -2.50. The molecule has 0 aromatic rings. The summed E-state index contributed by atoms with van der Waals surface area (Å²) in [5.41, 5.74) is 6.18. The van der Waals surface area contributed by atoms with E-state index in [1.807, 2.05) is 0 Å². The second-order valence-electron chi connectivity index (χ2n) is 6.12. The highest BCUT2D eigenvalue weighted by Crippen LogP contribution is 2.29. The molecule has 1 fully saturated rings. The lowest BCUT2D eigenvalue weighted by atomic mass is 9.83. The van der Waals surface area contributed by atoms with E-state index in [0.717, 1.165) is 13.1 Å². The first-order chi connectivity index (χ1) is 7.85. The van der Waals surface area contributed by atoms with E-state index in [1.54, 1.807) is 19.0 Å². The minimum absolute atomic E-state index is 0.170. The van der Waals surface area contributed by atoms with Crippen LogP contribution in [0.15, 0.2) is 0 Å². The Morgan fingerprint density at radius 2 is 2.12 bits per heavy atom. The van der Waals surface area contributed by atoms with Crippen molar-refractivity contribution in [2.24, 2.45) is 11.1 Å². The van der Waals surface area contributed by atoms with Crippen LogP contribution >= 0.6 is 0 Å². The van der Waals surface area contributed by atoms with Gasteiger partial charge in [-0.1, -0.05) is 13.8 Å². The van der Waals surface area contributed by atoms with E-state index in [1.165, 1.54) is 12.8 Å². The Morgan fingerprint density at radius 1 is 1.47 bits per heavy atom. The number of nitrogens with two attached hydrogens (primary N) is 1. The minimum atomic E-state index is 0.170. The quantitative estimate of drug-likeness (QED) is 0.796. The van der Waals surface area contributed by atoms with Crippen LogP contribution in [-0.4, -0.2) is 55.5 Å². The highest BCUT2D eigenvalue weighted by Gasteiger charge is 2.31. The van der Waals surface area contributed by atoms with Crippen LogP contribution in [0.2, 0.25) is 0 Å². The van der Waals surface area contributed by atoms with Gasteiger partial charge in [0.25, 0.3) is 0 Å². The highest BCUT2D eigenvalue weighted by molar-refractivity contribution is 5.76. The van der Waals surface area contributed by atoms with Gasteiger partial charge in [-0.2, -0.15) is 0 Å². The summed E-state index contributed by atoms with van der Waals surface area (Å²) in [6.45, 7) is 7.28. The maximum Gasteiger partial charge on any atom is 0.223 e. The molecule has 100 valence electrons. The summed E-state index contributed by atoms with van der Waals surface area (Å²) in [7, 11) is 3.60.